The number of hydrogen-bond donors (Lipinski definition) is 1. The van der Waals surface area contributed by atoms with Gasteiger partial charge < -0.3 is 19.4 Å². The summed E-state index contributed by atoms with van der Waals surface area (Å²) in [6, 6.07) is 12.9. The Morgan fingerprint density at radius 3 is 2.49 bits per heavy atom. The Morgan fingerprint density at radius 1 is 1.17 bits per heavy atom. The van der Waals surface area contributed by atoms with Gasteiger partial charge in [0.2, 0.25) is 5.95 Å². The molecule has 0 bridgehead atoms. The first-order valence-corrected chi connectivity index (χ1v) is 12.6. The molecular formula is C29H39N3O3. The summed E-state index contributed by atoms with van der Waals surface area (Å²) in [6.07, 6.45) is 3.55. The van der Waals surface area contributed by atoms with Crippen LogP contribution in [0.15, 0.2) is 36.4 Å². The first kappa shape index (κ1) is 25.1. The molecular weight excluding hydrogens is 438 g/mol. The van der Waals surface area contributed by atoms with E-state index in [1.165, 1.54) is 19.1 Å². The van der Waals surface area contributed by atoms with Crippen molar-refractivity contribution in [1.82, 2.24) is 9.55 Å². The number of aromatic nitrogens is 2. The lowest BCUT2D eigenvalue weighted by molar-refractivity contribution is -0.139. The van der Waals surface area contributed by atoms with Gasteiger partial charge in [0.25, 0.3) is 0 Å². The third-order valence-corrected chi connectivity index (χ3v) is 7.22. The zero-order valence-corrected chi connectivity index (χ0v) is 22.1. The summed E-state index contributed by atoms with van der Waals surface area (Å²) in [5, 5.41) is 3.60. The van der Waals surface area contributed by atoms with Crippen molar-refractivity contribution >= 4 is 28.6 Å². The normalized spacial score (nSPS) is 19.7. The zero-order chi connectivity index (χ0) is 25.3. The molecule has 0 amide bonds. The molecule has 6 nitrogen and oxygen atoms in total. The predicted octanol–water partition coefficient (Wildman–Crippen LogP) is 7.01. The summed E-state index contributed by atoms with van der Waals surface area (Å²) >= 11 is 0. The van der Waals surface area contributed by atoms with Crippen molar-refractivity contribution in [3.8, 4) is 5.75 Å². The maximum atomic E-state index is 12.0. The molecule has 1 aliphatic rings. The summed E-state index contributed by atoms with van der Waals surface area (Å²) in [4.78, 5) is 17.0. The Hall–Kier alpha value is -3.02. The minimum atomic E-state index is -0.298. The van der Waals surface area contributed by atoms with Gasteiger partial charge in [0, 0.05) is 23.4 Å². The number of esters is 1. The quantitative estimate of drug-likeness (QED) is 0.371. The SMILES string of the molecule is COC(=O)Cc1cc2nc(Nc3ccc(C(C)C)cc3)n([C@@H]3C[C@H](C)CC(C)(C)C3)c2cc1OC. The number of imidazole rings is 1. The van der Waals surface area contributed by atoms with Gasteiger partial charge in [-0.3, -0.25) is 4.79 Å². The van der Waals surface area contributed by atoms with Gasteiger partial charge in [-0.05, 0) is 60.3 Å². The number of methoxy groups -OCH3 is 2. The van der Waals surface area contributed by atoms with Crippen LogP contribution in [0.1, 0.15) is 77.0 Å². The van der Waals surface area contributed by atoms with Crippen LogP contribution in [-0.4, -0.2) is 29.7 Å². The topological polar surface area (TPSA) is 65.4 Å². The molecule has 2 atom stereocenters. The molecule has 0 spiro atoms. The minimum Gasteiger partial charge on any atom is -0.496 e. The number of carbonyl (C=O) groups is 1. The highest BCUT2D eigenvalue weighted by Gasteiger charge is 2.35. The van der Waals surface area contributed by atoms with Crippen LogP contribution in [-0.2, 0) is 16.0 Å². The standard InChI is InChI=1S/C29H39N3O3/c1-18(2)20-8-10-22(11-9-20)30-28-31-24-13-21(14-27(33)35-7)26(34-6)15-25(24)32(28)23-12-19(3)16-29(4,5)17-23/h8-11,13,15,18-19,23H,12,14,16-17H2,1-7H3,(H,30,31)/t19-,23+/m0/s1. The Labute approximate surface area is 209 Å². The van der Waals surface area contributed by atoms with Crippen molar-refractivity contribution in [3.05, 3.63) is 47.5 Å². The summed E-state index contributed by atoms with van der Waals surface area (Å²) in [6.45, 7) is 11.5. The van der Waals surface area contributed by atoms with Crippen LogP contribution < -0.4 is 10.1 Å². The summed E-state index contributed by atoms with van der Waals surface area (Å²) in [5.41, 5.74) is 5.22. The maximum absolute atomic E-state index is 12.0. The lowest BCUT2D eigenvalue weighted by Gasteiger charge is -2.40. The molecule has 3 aromatic rings. The number of fused-ring (bicyclic) bond motifs is 1. The number of benzene rings is 2. The third-order valence-electron chi connectivity index (χ3n) is 7.22. The number of nitrogens with one attached hydrogen (secondary N) is 1. The fourth-order valence-electron chi connectivity index (χ4n) is 5.75. The highest BCUT2D eigenvalue weighted by atomic mass is 16.5. The van der Waals surface area contributed by atoms with Crippen molar-refractivity contribution in [1.29, 1.82) is 0 Å². The maximum Gasteiger partial charge on any atom is 0.310 e. The van der Waals surface area contributed by atoms with Crippen molar-refractivity contribution in [2.45, 2.75) is 72.3 Å². The molecule has 1 N–H and O–H groups in total. The number of rotatable bonds is 7. The predicted molar refractivity (Wildman–Crippen MR) is 142 cm³/mol. The van der Waals surface area contributed by atoms with Crippen molar-refractivity contribution in [3.63, 3.8) is 0 Å². The molecule has 2 aromatic carbocycles. The van der Waals surface area contributed by atoms with E-state index in [4.69, 9.17) is 14.5 Å². The van der Waals surface area contributed by atoms with Gasteiger partial charge in [0.1, 0.15) is 5.75 Å². The van der Waals surface area contributed by atoms with E-state index < -0.39 is 0 Å². The molecule has 0 saturated heterocycles. The van der Waals surface area contributed by atoms with E-state index in [0.717, 1.165) is 41.1 Å². The molecule has 6 heteroatoms. The highest BCUT2D eigenvalue weighted by molar-refractivity contribution is 5.84. The molecule has 1 fully saturated rings. The van der Waals surface area contributed by atoms with E-state index in [1.807, 2.05) is 12.1 Å². The van der Waals surface area contributed by atoms with Gasteiger partial charge in [-0.25, -0.2) is 4.98 Å². The molecule has 0 radical (unpaired) electrons. The number of anilines is 2. The van der Waals surface area contributed by atoms with Gasteiger partial charge in [-0.2, -0.15) is 0 Å². The average molecular weight is 478 g/mol. The van der Waals surface area contributed by atoms with E-state index in [2.05, 4.69) is 68.8 Å². The van der Waals surface area contributed by atoms with Crippen LogP contribution in [0.2, 0.25) is 0 Å². The molecule has 35 heavy (non-hydrogen) atoms. The number of nitrogens with zero attached hydrogens (tertiary/aromatic N) is 2. The van der Waals surface area contributed by atoms with Crippen LogP contribution in [0.25, 0.3) is 11.0 Å². The molecule has 4 rings (SSSR count). The van der Waals surface area contributed by atoms with E-state index in [1.54, 1.807) is 7.11 Å². The van der Waals surface area contributed by atoms with Gasteiger partial charge in [-0.1, -0.05) is 46.8 Å². The largest absolute Gasteiger partial charge is 0.496 e. The van der Waals surface area contributed by atoms with Crippen LogP contribution >= 0.6 is 0 Å². The van der Waals surface area contributed by atoms with Gasteiger partial charge >= 0.3 is 5.97 Å². The first-order valence-electron chi connectivity index (χ1n) is 12.6. The molecule has 0 unspecified atom stereocenters. The zero-order valence-electron chi connectivity index (χ0n) is 22.1. The van der Waals surface area contributed by atoms with E-state index in [0.29, 0.717) is 23.6 Å². The van der Waals surface area contributed by atoms with Crippen molar-refractivity contribution in [2.24, 2.45) is 11.3 Å². The third kappa shape index (κ3) is 5.47. The molecule has 1 aliphatic carbocycles. The monoisotopic (exact) mass is 477 g/mol. The molecule has 188 valence electrons. The Morgan fingerprint density at radius 2 is 1.89 bits per heavy atom. The second-order valence-electron chi connectivity index (χ2n) is 11.2. The number of carbonyl (C=O) groups excluding carboxylic acids is 1. The number of ether oxygens (including phenoxy) is 2. The van der Waals surface area contributed by atoms with Crippen LogP contribution in [0.4, 0.5) is 11.6 Å². The fourth-order valence-corrected chi connectivity index (χ4v) is 5.75. The van der Waals surface area contributed by atoms with E-state index in [-0.39, 0.29) is 17.8 Å². The Balaban J connectivity index is 1.82. The lowest BCUT2D eigenvalue weighted by Crippen LogP contribution is -2.29. The fraction of sp³-hybridized carbons (Fsp3) is 0.517. The second kappa shape index (κ2) is 9.92. The van der Waals surface area contributed by atoms with Gasteiger partial charge in [-0.15, -0.1) is 0 Å². The number of hydrogen-bond acceptors (Lipinski definition) is 5. The van der Waals surface area contributed by atoms with Crippen LogP contribution in [0, 0.1) is 11.3 Å². The Bertz CT molecular complexity index is 1190. The Kier molecular flexibility index (Phi) is 7.11. The molecule has 1 aromatic heterocycles. The smallest absolute Gasteiger partial charge is 0.310 e. The highest BCUT2D eigenvalue weighted by Crippen LogP contribution is 2.46. The molecule has 0 aliphatic heterocycles. The molecule has 1 heterocycles. The summed E-state index contributed by atoms with van der Waals surface area (Å²) in [5.74, 6) is 2.32. The van der Waals surface area contributed by atoms with Gasteiger partial charge in [0.05, 0.1) is 31.7 Å². The van der Waals surface area contributed by atoms with Gasteiger partial charge in [0.15, 0.2) is 0 Å². The average Bonchev–Trinajstić information content (AvgIpc) is 3.13. The van der Waals surface area contributed by atoms with E-state index >= 15 is 0 Å². The molecule has 1 saturated carbocycles. The van der Waals surface area contributed by atoms with Crippen LogP contribution in [0.3, 0.4) is 0 Å². The minimum absolute atomic E-state index is 0.148. The second-order valence-corrected chi connectivity index (χ2v) is 11.2. The summed E-state index contributed by atoms with van der Waals surface area (Å²) in [7, 11) is 3.05. The summed E-state index contributed by atoms with van der Waals surface area (Å²) < 4.78 is 12.9. The van der Waals surface area contributed by atoms with Crippen molar-refractivity contribution in [2.75, 3.05) is 19.5 Å². The lowest BCUT2D eigenvalue weighted by atomic mass is 9.70. The van der Waals surface area contributed by atoms with E-state index in [9.17, 15) is 4.79 Å². The van der Waals surface area contributed by atoms with Crippen molar-refractivity contribution < 1.29 is 14.3 Å². The van der Waals surface area contributed by atoms with Crippen LogP contribution in [0.5, 0.6) is 5.75 Å². The first-order chi connectivity index (χ1) is 16.6.